The van der Waals surface area contributed by atoms with E-state index in [1.807, 2.05) is 0 Å². The topological polar surface area (TPSA) is 120 Å². The van der Waals surface area contributed by atoms with E-state index >= 15 is 0 Å². The molecule has 4 N–H and O–H groups in total. The Morgan fingerprint density at radius 1 is 1.44 bits per heavy atom. The van der Waals surface area contributed by atoms with E-state index in [9.17, 15) is 4.79 Å². The molecule has 138 valence electrons. The summed E-state index contributed by atoms with van der Waals surface area (Å²) >= 11 is 0. The maximum atomic E-state index is 12.2. The van der Waals surface area contributed by atoms with Gasteiger partial charge in [0.2, 0.25) is 0 Å². The fourth-order valence-electron chi connectivity index (χ4n) is 2.85. The first kappa shape index (κ1) is 17.7. The van der Waals surface area contributed by atoms with Crippen LogP contribution in [0.4, 0.5) is 5.82 Å². The minimum absolute atomic E-state index is 0.135. The Morgan fingerprint density at radius 2 is 2.32 bits per heavy atom. The fourth-order valence-corrected chi connectivity index (χ4v) is 2.85. The Morgan fingerprint density at radius 3 is 3.08 bits per heavy atom. The summed E-state index contributed by atoms with van der Waals surface area (Å²) in [5.74, 6) is 0.227. The van der Waals surface area contributed by atoms with Crippen molar-refractivity contribution in [2.45, 2.75) is 51.8 Å². The molecule has 0 radical (unpaired) electrons. The quantitative estimate of drug-likeness (QED) is 0.577. The molecule has 1 atom stereocenters. The number of nitrogens with one attached hydrogen (secondary N) is 2. The van der Waals surface area contributed by atoms with Crippen LogP contribution < -0.4 is 21.5 Å². The predicted octanol–water partition coefficient (Wildman–Crippen LogP) is 0.997. The van der Waals surface area contributed by atoms with Gasteiger partial charge in [0.25, 0.3) is 0 Å². The fraction of sp³-hybridized carbons (Fsp3) is 0.688. The third-order valence-electron chi connectivity index (χ3n) is 4.22. The van der Waals surface area contributed by atoms with E-state index in [1.165, 1.54) is 0 Å². The molecule has 0 aromatic carbocycles. The van der Waals surface area contributed by atoms with Gasteiger partial charge in [-0.2, -0.15) is 9.97 Å². The molecular formula is C16H26N6O3. The highest BCUT2D eigenvalue weighted by atomic mass is 16.5. The molecule has 0 saturated carbocycles. The van der Waals surface area contributed by atoms with Crippen molar-refractivity contribution >= 4 is 17.0 Å². The van der Waals surface area contributed by atoms with E-state index in [0.717, 1.165) is 45.3 Å². The molecule has 0 aliphatic carbocycles. The summed E-state index contributed by atoms with van der Waals surface area (Å²) in [6.07, 6.45) is 4.98. The van der Waals surface area contributed by atoms with Crippen molar-refractivity contribution in [3.63, 3.8) is 0 Å². The second-order valence-electron chi connectivity index (χ2n) is 6.18. The van der Waals surface area contributed by atoms with E-state index in [4.69, 9.17) is 15.2 Å². The van der Waals surface area contributed by atoms with Gasteiger partial charge in [-0.1, -0.05) is 13.3 Å². The number of aromatic nitrogens is 4. The summed E-state index contributed by atoms with van der Waals surface area (Å²) in [7, 11) is 0. The van der Waals surface area contributed by atoms with Gasteiger partial charge in [0, 0.05) is 13.2 Å². The molecule has 2 aromatic rings. The highest BCUT2D eigenvalue weighted by Gasteiger charge is 2.16. The molecule has 1 fully saturated rings. The zero-order valence-corrected chi connectivity index (χ0v) is 14.6. The van der Waals surface area contributed by atoms with Gasteiger partial charge < -0.3 is 20.2 Å². The average molecular weight is 350 g/mol. The van der Waals surface area contributed by atoms with E-state index in [-0.39, 0.29) is 23.7 Å². The number of anilines is 1. The maximum absolute atomic E-state index is 12.2. The predicted molar refractivity (Wildman–Crippen MR) is 94.6 cm³/mol. The van der Waals surface area contributed by atoms with Crippen LogP contribution in [0.5, 0.6) is 6.01 Å². The molecule has 3 heterocycles. The van der Waals surface area contributed by atoms with Crippen molar-refractivity contribution in [1.82, 2.24) is 24.8 Å². The first-order chi connectivity index (χ1) is 12.2. The number of hydrogen-bond acceptors (Lipinski definition) is 7. The molecule has 1 saturated heterocycles. The van der Waals surface area contributed by atoms with Crippen LogP contribution in [0.1, 0.15) is 39.0 Å². The monoisotopic (exact) mass is 350 g/mol. The number of aromatic amines is 1. The third-order valence-corrected chi connectivity index (χ3v) is 4.22. The number of nitrogens with zero attached hydrogens (tertiary/aromatic N) is 3. The highest BCUT2D eigenvalue weighted by Crippen LogP contribution is 2.18. The van der Waals surface area contributed by atoms with Crippen molar-refractivity contribution < 1.29 is 9.47 Å². The Hall–Kier alpha value is -2.13. The van der Waals surface area contributed by atoms with Crippen LogP contribution >= 0.6 is 0 Å². The van der Waals surface area contributed by atoms with E-state index in [1.54, 1.807) is 4.57 Å². The van der Waals surface area contributed by atoms with Crippen LogP contribution in [0.3, 0.4) is 0 Å². The summed E-state index contributed by atoms with van der Waals surface area (Å²) in [4.78, 5) is 23.4. The van der Waals surface area contributed by atoms with Gasteiger partial charge in [-0.3, -0.25) is 9.88 Å². The Kier molecular flexibility index (Phi) is 5.87. The lowest BCUT2D eigenvalue weighted by Gasteiger charge is -2.11. The average Bonchev–Trinajstić information content (AvgIpc) is 3.21. The van der Waals surface area contributed by atoms with Crippen molar-refractivity contribution in [1.29, 1.82) is 0 Å². The lowest BCUT2D eigenvalue weighted by Crippen LogP contribution is -2.30. The largest absolute Gasteiger partial charge is 0.463 e. The van der Waals surface area contributed by atoms with Gasteiger partial charge in [-0.25, -0.2) is 4.79 Å². The Balaban J connectivity index is 1.67. The zero-order valence-electron chi connectivity index (χ0n) is 14.6. The van der Waals surface area contributed by atoms with E-state index in [2.05, 4.69) is 27.2 Å². The smallest absolute Gasteiger partial charge is 0.327 e. The SMILES string of the molecule is CCCCOc1nc(N)c2[nH]c(=O)n(CCCNC3CCCO3)c2n1. The number of hydrogen-bond donors (Lipinski definition) is 3. The Labute approximate surface area is 145 Å². The number of nitrogen functional groups attached to an aromatic ring is 1. The van der Waals surface area contributed by atoms with E-state index < -0.39 is 0 Å². The van der Waals surface area contributed by atoms with Gasteiger partial charge in [-0.05, 0) is 32.2 Å². The van der Waals surface area contributed by atoms with Crippen LogP contribution in [0.25, 0.3) is 11.2 Å². The van der Waals surface area contributed by atoms with Crippen molar-refractivity contribution in [3.05, 3.63) is 10.5 Å². The van der Waals surface area contributed by atoms with E-state index in [0.29, 0.717) is 24.3 Å². The number of nitrogens with two attached hydrogens (primary N) is 1. The summed E-state index contributed by atoms with van der Waals surface area (Å²) in [6, 6.07) is 0.212. The lowest BCUT2D eigenvalue weighted by molar-refractivity contribution is 0.0839. The Bertz CT molecular complexity index is 750. The van der Waals surface area contributed by atoms with Crippen LogP contribution in [0, 0.1) is 0 Å². The molecule has 2 aromatic heterocycles. The normalized spacial score (nSPS) is 17.4. The van der Waals surface area contributed by atoms with Crippen LogP contribution in [-0.4, -0.2) is 45.5 Å². The number of unbranched alkanes of at least 4 members (excludes halogenated alkanes) is 1. The highest BCUT2D eigenvalue weighted by molar-refractivity contribution is 5.81. The van der Waals surface area contributed by atoms with Crippen LogP contribution in [0.15, 0.2) is 4.79 Å². The number of fused-ring (bicyclic) bond motifs is 1. The standard InChI is InChI=1S/C16H26N6O3/c1-2-3-9-25-15-20-13(17)12-14(21-15)22(16(23)19-12)8-5-7-18-11-6-4-10-24-11/h11,18H,2-10H2,1H3,(H,19,23)(H2,17,20,21). The molecule has 1 aliphatic rings. The number of ether oxygens (including phenoxy) is 2. The molecular weight excluding hydrogens is 324 g/mol. The van der Waals surface area contributed by atoms with Crippen LogP contribution in [-0.2, 0) is 11.3 Å². The molecule has 0 bridgehead atoms. The first-order valence-electron chi connectivity index (χ1n) is 8.93. The van der Waals surface area contributed by atoms with Crippen molar-refractivity contribution in [3.8, 4) is 6.01 Å². The molecule has 9 heteroatoms. The summed E-state index contributed by atoms with van der Waals surface area (Å²) in [5.41, 5.74) is 6.65. The minimum Gasteiger partial charge on any atom is -0.463 e. The van der Waals surface area contributed by atoms with Gasteiger partial charge >= 0.3 is 11.7 Å². The second-order valence-corrected chi connectivity index (χ2v) is 6.18. The zero-order chi connectivity index (χ0) is 17.6. The van der Waals surface area contributed by atoms with Crippen molar-refractivity contribution in [2.24, 2.45) is 0 Å². The number of rotatable bonds is 9. The molecule has 25 heavy (non-hydrogen) atoms. The number of imidazole rings is 1. The maximum Gasteiger partial charge on any atom is 0.327 e. The van der Waals surface area contributed by atoms with Crippen molar-refractivity contribution in [2.75, 3.05) is 25.5 Å². The van der Waals surface area contributed by atoms with Gasteiger partial charge in [0.15, 0.2) is 11.5 Å². The van der Waals surface area contributed by atoms with Gasteiger partial charge in [0.05, 0.1) is 6.61 Å². The molecule has 1 unspecified atom stereocenters. The number of aryl methyl sites for hydroxylation is 1. The molecule has 0 amide bonds. The third kappa shape index (κ3) is 4.29. The molecule has 1 aliphatic heterocycles. The first-order valence-corrected chi connectivity index (χ1v) is 8.93. The van der Waals surface area contributed by atoms with Gasteiger partial charge in [0.1, 0.15) is 11.7 Å². The molecule has 0 spiro atoms. The summed E-state index contributed by atoms with van der Waals surface area (Å²) in [5, 5.41) is 3.34. The van der Waals surface area contributed by atoms with Crippen LogP contribution in [0.2, 0.25) is 0 Å². The molecule has 9 nitrogen and oxygen atoms in total. The minimum atomic E-state index is -0.237. The number of H-pyrrole nitrogens is 1. The lowest BCUT2D eigenvalue weighted by atomic mass is 10.3. The summed E-state index contributed by atoms with van der Waals surface area (Å²) < 4.78 is 12.6. The summed E-state index contributed by atoms with van der Waals surface area (Å²) in [6.45, 7) is 4.72. The molecule has 3 rings (SSSR count). The second kappa shape index (κ2) is 8.30. The van der Waals surface area contributed by atoms with Gasteiger partial charge in [-0.15, -0.1) is 0 Å².